The quantitative estimate of drug-likeness (QED) is 0.562. The van der Waals surface area contributed by atoms with Crippen molar-refractivity contribution >= 4 is 10.8 Å². The van der Waals surface area contributed by atoms with E-state index in [2.05, 4.69) is 0 Å². The van der Waals surface area contributed by atoms with Crippen molar-refractivity contribution in [2.24, 2.45) is 0 Å². The largest absolute Gasteiger partial charge is 0.435 e. The van der Waals surface area contributed by atoms with Crippen LogP contribution in [0.2, 0.25) is 0 Å². The van der Waals surface area contributed by atoms with Gasteiger partial charge in [-0.15, -0.1) is 0 Å². The average Bonchev–Trinajstić information content (AvgIpc) is 2.30. The van der Waals surface area contributed by atoms with Crippen molar-refractivity contribution in [3.8, 4) is 0 Å². The predicted octanol–water partition coefficient (Wildman–Crippen LogP) is 2.88. The Kier molecular flexibility index (Phi) is 1.22. The van der Waals surface area contributed by atoms with Gasteiger partial charge in [0.1, 0.15) is 5.76 Å². The molecule has 2 rings (SSSR count). The maximum atomic E-state index is 12.8. The number of hydrogen-bond donors (Lipinski definition) is 0. The second-order valence-corrected chi connectivity index (χ2v) is 2.48. The molecule has 0 aliphatic carbocycles. The van der Waals surface area contributed by atoms with Crippen molar-refractivity contribution < 1.29 is 8.81 Å². The number of rotatable bonds is 0. The summed E-state index contributed by atoms with van der Waals surface area (Å²) in [6.45, 7) is 1.76. The van der Waals surface area contributed by atoms with E-state index in [1.54, 1.807) is 19.1 Å². The van der Waals surface area contributed by atoms with Crippen LogP contribution in [-0.2, 0) is 0 Å². The molecule has 0 unspecified atom stereocenters. The van der Waals surface area contributed by atoms with Gasteiger partial charge in [0.25, 0.3) is 6.01 Å². The van der Waals surface area contributed by atoms with E-state index in [0.717, 1.165) is 5.39 Å². The van der Waals surface area contributed by atoms with Gasteiger partial charge in [-0.3, -0.25) is 0 Å². The molecule has 0 bridgehead atoms. The minimum absolute atomic E-state index is 0.488. The van der Waals surface area contributed by atoms with Crippen LogP contribution in [0.3, 0.4) is 0 Å². The lowest BCUT2D eigenvalue weighted by molar-refractivity contribution is 0.352. The van der Waals surface area contributed by atoms with E-state index in [0.29, 0.717) is 11.1 Å². The zero-order chi connectivity index (χ0) is 7.84. The number of benzene rings is 1. The molecule has 0 spiro atoms. The second-order valence-electron chi connectivity index (χ2n) is 2.48. The zero-order valence-electron chi connectivity index (χ0n) is 6.10. The Morgan fingerprint density at radius 1 is 1.18 bits per heavy atom. The molecule has 1 aromatic heterocycles. The minimum Gasteiger partial charge on any atom is -0.435 e. The number of aryl methyl sites for hydroxylation is 1. The monoisotopic (exact) mass is 150 g/mol. The van der Waals surface area contributed by atoms with Gasteiger partial charge in [-0.1, -0.05) is 18.2 Å². The molecule has 0 saturated heterocycles. The highest BCUT2D eigenvalue weighted by molar-refractivity contribution is 5.84. The van der Waals surface area contributed by atoms with Crippen LogP contribution in [0.25, 0.3) is 10.8 Å². The van der Waals surface area contributed by atoms with Crippen molar-refractivity contribution in [3.05, 3.63) is 36.0 Å². The summed E-state index contributed by atoms with van der Waals surface area (Å²) in [4.78, 5) is 0. The summed E-state index contributed by atoms with van der Waals surface area (Å²) in [5.41, 5.74) is 0. The third-order valence-corrected chi connectivity index (χ3v) is 1.76. The van der Waals surface area contributed by atoms with Crippen LogP contribution in [0, 0.1) is 12.9 Å². The summed E-state index contributed by atoms with van der Waals surface area (Å²) in [5, 5.41) is 1.41. The van der Waals surface area contributed by atoms with E-state index >= 15 is 0 Å². The second kappa shape index (κ2) is 2.09. The van der Waals surface area contributed by atoms with Crippen LogP contribution in [0.4, 0.5) is 4.39 Å². The van der Waals surface area contributed by atoms with Crippen LogP contribution in [0.5, 0.6) is 0 Å². The van der Waals surface area contributed by atoms with E-state index in [9.17, 15) is 4.39 Å². The lowest BCUT2D eigenvalue weighted by Gasteiger charge is -1.84. The maximum Gasteiger partial charge on any atom is 0.285 e. The molecule has 56 valence electrons. The molecule has 0 saturated carbocycles. The van der Waals surface area contributed by atoms with Crippen LogP contribution in [-0.4, -0.2) is 0 Å². The molecule has 2 aromatic rings. The molecule has 0 aliphatic rings. The first-order chi connectivity index (χ1) is 5.29. The Balaban J connectivity index is 2.95. The van der Waals surface area contributed by atoms with Gasteiger partial charge in [-0.2, -0.15) is 4.39 Å². The van der Waals surface area contributed by atoms with Crippen LogP contribution < -0.4 is 0 Å². The van der Waals surface area contributed by atoms with Crippen molar-refractivity contribution in [2.75, 3.05) is 0 Å². The zero-order valence-corrected chi connectivity index (χ0v) is 6.10. The summed E-state index contributed by atoms with van der Waals surface area (Å²) >= 11 is 0. The Hall–Kier alpha value is -1.31. The molecule has 1 nitrogen and oxygen atoms in total. The number of furan rings is 1. The summed E-state index contributed by atoms with van der Waals surface area (Å²) < 4.78 is 17.6. The Morgan fingerprint density at radius 3 is 2.45 bits per heavy atom. The first-order valence-corrected chi connectivity index (χ1v) is 3.42. The minimum atomic E-state index is -0.488. The fourth-order valence-corrected chi connectivity index (χ4v) is 1.21. The van der Waals surface area contributed by atoms with E-state index in [1.807, 2.05) is 12.1 Å². The van der Waals surface area contributed by atoms with Gasteiger partial charge < -0.3 is 4.42 Å². The Bertz CT molecular complexity index is 353. The molecular formula is C9H7FO. The number of hydrogen-bond acceptors (Lipinski definition) is 1. The molecule has 0 radical (unpaired) electrons. The fourth-order valence-electron chi connectivity index (χ4n) is 1.21. The summed E-state index contributed by atoms with van der Waals surface area (Å²) in [7, 11) is 0. The molecule has 0 aliphatic heterocycles. The van der Waals surface area contributed by atoms with Crippen LogP contribution in [0.1, 0.15) is 5.76 Å². The standard InChI is InChI=1S/C9H7FO/c1-6-7-4-2-3-5-8(7)9(10)11-6/h2-5H,1H3. The third-order valence-electron chi connectivity index (χ3n) is 1.76. The van der Waals surface area contributed by atoms with Crippen molar-refractivity contribution in [1.82, 2.24) is 0 Å². The van der Waals surface area contributed by atoms with Crippen molar-refractivity contribution in [2.45, 2.75) is 6.92 Å². The Morgan fingerprint density at radius 2 is 1.82 bits per heavy atom. The highest BCUT2D eigenvalue weighted by Gasteiger charge is 2.06. The molecule has 0 atom stereocenters. The molecule has 2 heteroatoms. The summed E-state index contributed by atoms with van der Waals surface area (Å²) in [6.07, 6.45) is 0. The first kappa shape index (κ1) is 6.40. The van der Waals surface area contributed by atoms with Crippen molar-refractivity contribution in [1.29, 1.82) is 0 Å². The number of fused-ring (bicyclic) bond motifs is 1. The van der Waals surface area contributed by atoms with Gasteiger partial charge in [-0.25, -0.2) is 0 Å². The Labute approximate surface area is 63.4 Å². The fraction of sp³-hybridized carbons (Fsp3) is 0.111. The third kappa shape index (κ3) is 0.827. The highest BCUT2D eigenvalue weighted by Crippen LogP contribution is 2.23. The molecule has 1 heterocycles. The normalized spacial score (nSPS) is 10.7. The van der Waals surface area contributed by atoms with Crippen LogP contribution in [0.15, 0.2) is 28.7 Å². The summed E-state index contributed by atoms with van der Waals surface area (Å²) in [6, 6.07) is 6.72. The summed E-state index contributed by atoms with van der Waals surface area (Å²) in [5.74, 6) is 0.637. The number of halogens is 1. The van der Waals surface area contributed by atoms with Gasteiger partial charge in [-0.05, 0) is 13.0 Å². The van der Waals surface area contributed by atoms with Gasteiger partial charge in [0.2, 0.25) is 0 Å². The van der Waals surface area contributed by atoms with E-state index < -0.39 is 6.01 Å². The predicted molar refractivity (Wildman–Crippen MR) is 40.9 cm³/mol. The molecule has 11 heavy (non-hydrogen) atoms. The molecule has 0 N–H and O–H groups in total. The van der Waals surface area contributed by atoms with Gasteiger partial charge in [0.05, 0.1) is 5.39 Å². The molecule has 1 aromatic carbocycles. The lowest BCUT2D eigenvalue weighted by atomic mass is 10.2. The van der Waals surface area contributed by atoms with E-state index in [4.69, 9.17) is 4.42 Å². The first-order valence-electron chi connectivity index (χ1n) is 3.42. The molecule has 0 amide bonds. The maximum absolute atomic E-state index is 12.8. The molecular weight excluding hydrogens is 143 g/mol. The van der Waals surface area contributed by atoms with E-state index in [1.165, 1.54) is 0 Å². The van der Waals surface area contributed by atoms with Gasteiger partial charge >= 0.3 is 0 Å². The van der Waals surface area contributed by atoms with E-state index in [-0.39, 0.29) is 0 Å². The SMILES string of the molecule is Cc1oc(F)c2ccccc12. The average molecular weight is 150 g/mol. The van der Waals surface area contributed by atoms with Crippen molar-refractivity contribution in [3.63, 3.8) is 0 Å². The van der Waals surface area contributed by atoms with Gasteiger partial charge in [0.15, 0.2) is 0 Å². The lowest BCUT2D eigenvalue weighted by Crippen LogP contribution is -1.66. The smallest absolute Gasteiger partial charge is 0.285 e. The van der Waals surface area contributed by atoms with Crippen LogP contribution >= 0.6 is 0 Å². The molecule has 0 fully saturated rings. The van der Waals surface area contributed by atoms with Gasteiger partial charge in [0, 0.05) is 5.39 Å². The topological polar surface area (TPSA) is 13.1 Å². The highest BCUT2D eigenvalue weighted by atomic mass is 19.1.